The molecule has 0 aliphatic heterocycles. The molecule has 0 radical (unpaired) electrons. The van der Waals surface area contributed by atoms with Crippen LogP contribution in [-0.2, 0) is 0 Å². The normalized spacial score (nSPS) is 11.8. The third-order valence-corrected chi connectivity index (χ3v) is 12.6. The molecule has 0 fully saturated rings. The molecule has 0 unspecified atom stereocenters. The van der Waals surface area contributed by atoms with Gasteiger partial charge in [0.2, 0.25) is 0 Å². The fourth-order valence-corrected chi connectivity index (χ4v) is 9.67. The minimum absolute atomic E-state index is 0.669. The molecule has 0 spiro atoms. The van der Waals surface area contributed by atoms with Crippen LogP contribution < -0.4 is 0 Å². The molecular weight excluding hydrogens is 781 g/mol. The lowest BCUT2D eigenvalue weighted by Gasteiger charge is -2.16. The second-order valence-electron chi connectivity index (χ2n) is 16.3. The molecule has 5 nitrogen and oxygen atoms in total. The number of furan rings is 1. The van der Waals surface area contributed by atoms with Crippen LogP contribution in [0.4, 0.5) is 0 Å². The van der Waals surface area contributed by atoms with Gasteiger partial charge in [-0.25, -0.2) is 15.0 Å². The number of para-hydroxylation sites is 4. The van der Waals surface area contributed by atoms with Crippen molar-refractivity contribution in [1.29, 1.82) is 0 Å². The van der Waals surface area contributed by atoms with Gasteiger partial charge in [0.05, 0.1) is 33.6 Å². The molecule has 0 aliphatic carbocycles. The van der Waals surface area contributed by atoms with Crippen molar-refractivity contribution >= 4 is 65.4 Å². The molecule has 0 atom stereocenters. The first-order chi connectivity index (χ1) is 31.7. The Morgan fingerprint density at radius 1 is 0.344 bits per heavy atom. The highest BCUT2D eigenvalue weighted by molar-refractivity contribution is 6.27. The predicted octanol–water partition coefficient (Wildman–Crippen LogP) is 15.5. The summed E-state index contributed by atoms with van der Waals surface area (Å²) < 4.78 is 8.98. The Morgan fingerprint density at radius 3 is 1.56 bits per heavy atom. The zero-order valence-corrected chi connectivity index (χ0v) is 34.5. The van der Waals surface area contributed by atoms with E-state index in [1.54, 1.807) is 0 Å². The summed E-state index contributed by atoms with van der Waals surface area (Å²) in [6.07, 6.45) is 0. The van der Waals surface area contributed by atoms with Gasteiger partial charge in [-0.2, -0.15) is 0 Å². The Hall–Kier alpha value is -8.67. The van der Waals surface area contributed by atoms with Crippen molar-refractivity contribution in [2.24, 2.45) is 0 Å². The van der Waals surface area contributed by atoms with Gasteiger partial charge in [-0.3, -0.25) is 0 Å². The van der Waals surface area contributed by atoms with Crippen LogP contribution in [0.5, 0.6) is 0 Å². The summed E-state index contributed by atoms with van der Waals surface area (Å²) >= 11 is 0. The van der Waals surface area contributed by atoms with E-state index >= 15 is 0 Å². The second kappa shape index (κ2) is 14.5. The van der Waals surface area contributed by atoms with Gasteiger partial charge in [-0.1, -0.05) is 158 Å². The molecule has 0 amide bonds. The number of benzene rings is 9. The summed E-state index contributed by atoms with van der Waals surface area (Å²) in [5.41, 5.74) is 15.0. The van der Waals surface area contributed by atoms with Gasteiger partial charge in [0, 0.05) is 71.2 Å². The van der Waals surface area contributed by atoms with Gasteiger partial charge in [0.25, 0.3) is 0 Å². The van der Waals surface area contributed by atoms with Crippen LogP contribution in [0.15, 0.2) is 223 Å². The highest BCUT2D eigenvalue weighted by Gasteiger charge is 2.22. The largest absolute Gasteiger partial charge is 0.456 e. The Morgan fingerprint density at radius 2 is 0.875 bits per heavy atom. The highest BCUT2D eigenvalue weighted by atomic mass is 16.3. The molecule has 0 aliphatic rings. The molecule has 64 heavy (non-hydrogen) atoms. The van der Waals surface area contributed by atoms with Crippen LogP contribution in [0.2, 0.25) is 0 Å². The minimum Gasteiger partial charge on any atom is -0.456 e. The van der Waals surface area contributed by atoms with Crippen LogP contribution in [0, 0.1) is 0 Å². The Bertz CT molecular complexity index is 3870. The van der Waals surface area contributed by atoms with E-state index in [4.69, 9.17) is 19.4 Å². The Balaban J connectivity index is 0.978. The summed E-state index contributed by atoms with van der Waals surface area (Å²) in [4.78, 5) is 15.7. The average Bonchev–Trinajstić information content (AvgIpc) is 3.92. The van der Waals surface area contributed by atoms with Crippen molar-refractivity contribution < 1.29 is 4.42 Å². The van der Waals surface area contributed by atoms with Crippen LogP contribution >= 0.6 is 0 Å². The Labute approximate surface area is 368 Å². The summed E-state index contributed by atoms with van der Waals surface area (Å²) in [5, 5.41) is 7.94. The molecule has 13 aromatic rings. The molecule has 4 aromatic heterocycles. The topological polar surface area (TPSA) is 56.7 Å². The van der Waals surface area contributed by atoms with E-state index < -0.39 is 0 Å². The molecule has 0 N–H and O–H groups in total. The maximum atomic E-state index is 6.65. The quantitative estimate of drug-likeness (QED) is 0.157. The summed E-state index contributed by atoms with van der Waals surface area (Å²) in [7, 11) is 0. The first-order valence-electron chi connectivity index (χ1n) is 21.6. The fourth-order valence-electron chi connectivity index (χ4n) is 9.67. The number of fused-ring (bicyclic) bond motifs is 9. The zero-order valence-electron chi connectivity index (χ0n) is 34.5. The highest BCUT2D eigenvalue weighted by Crippen LogP contribution is 2.46. The number of pyridine rings is 1. The Kier molecular flexibility index (Phi) is 8.15. The van der Waals surface area contributed by atoms with Gasteiger partial charge in [-0.15, -0.1) is 0 Å². The van der Waals surface area contributed by atoms with Crippen molar-refractivity contribution in [1.82, 2.24) is 19.5 Å². The molecule has 9 aromatic carbocycles. The zero-order chi connectivity index (χ0) is 42.1. The van der Waals surface area contributed by atoms with E-state index in [-0.39, 0.29) is 0 Å². The van der Waals surface area contributed by atoms with Gasteiger partial charge >= 0.3 is 0 Å². The van der Waals surface area contributed by atoms with E-state index in [0.29, 0.717) is 5.82 Å². The lowest BCUT2D eigenvalue weighted by molar-refractivity contribution is 0.669. The van der Waals surface area contributed by atoms with Crippen molar-refractivity contribution in [3.63, 3.8) is 0 Å². The molecule has 5 heteroatoms. The lowest BCUT2D eigenvalue weighted by atomic mass is 9.89. The number of hydrogen-bond donors (Lipinski definition) is 0. The second-order valence-corrected chi connectivity index (χ2v) is 16.3. The number of nitrogens with zero attached hydrogens (tertiary/aromatic N) is 4. The molecule has 0 saturated heterocycles. The van der Waals surface area contributed by atoms with Crippen molar-refractivity contribution in [3.05, 3.63) is 218 Å². The maximum Gasteiger partial charge on any atom is 0.160 e. The van der Waals surface area contributed by atoms with Crippen molar-refractivity contribution in [2.45, 2.75) is 0 Å². The number of rotatable bonds is 6. The van der Waals surface area contributed by atoms with Crippen LogP contribution in [-0.4, -0.2) is 19.5 Å². The van der Waals surface area contributed by atoms with Gasteiger partial charge in [0.1, 0.15) is 11.2 Å². The van der Waals surface area contributed by atoms with Crippen molar-refractivity contribution in [3.8, 4) is 62.0 Å². The maximum absolute atomic E-state index is 6.65. The average molecular weight is 817 g/mol. The monoisotopic (exact) mass is 816 g/mol. The van der Waals surface area contributed by atoms with Crippen LogP contribution in [0.3, 0.4) is 0 Å². The predicted molar refractivity (Wildman–Crippen MR) is 264 cm³/mol. The fraction of sp³-hybridized carbons (Fsp3) is 0. The molecule has 298 valence electrons. The van der Waals surface area contributed by atoms with Gasteiger partial charge in [0.15, 0.2) is 5.82 Å². The van der Waals surface area contributed by atoms with E-state index in [1.807, 2.05) is 18.2 Å². The SMILES string of the molecule is c1ccc(-c2cc(-c3ccc(-c4c5c(cc6c(-c7ccccc7)nc7ccccc7c46)oc4ccccc45)cc3)nc(-c3ccc(-n4c5ccccc5c5ccccc54)cc3)n2)cc1. The number of aromatic nitrogens is 4. The standard InChI is InChI=1S/C59H36N4O/c1-3-15-37(16-4-1)49-36-50(62-59(61-49)41-31-33-42(34-32-41)63-51-24-12-8-19-43(51)44-20-9-13-25-52(44)63)38-27-29-39(30-28-38)55-56-45-21-7-11-23-48(45)60-58(40-17-5-2-6-18-40)47(56)35-54-57(55)46-22-10-14-26-53(46)64-54/h1-36H. The molecule has 0 saturated carbocycles. The minimum atomic E-state index is 0.669. The molecule has 4 heterocycles. The third kappa shape index (κ3) is 5.75. The summed E-state index contributed by atoms with van der Waals surface area (Å²) in [6, 6.07) is 76.6. The van der Waals surface area contributed by atoms with E-state index in [0.717, 1.165) is 99.8 Å². The first kappa shape index (κ1) is 36.0. The first-order valence-corrected chi connectivity index (χ1v) is 21.6. The van der Waals surface area contributed by atoms with Crippen LogP contribution in [0.1, 0.15) is 0 Å². The summed E-state index contributed by atoms with van der Waals surface area (Å²) in [5.74, 6) is 0.669. The van der Waals surface area contributed by atoms with E-state index in [2.05, 4.69) is 205 Å². The summed E-state index contributed by atoms with van der Waals surface area (Å²) in [6.45, 7) is 0. The number of hydrogen-bond acceptors (Lipinski definition) is 4. The lowest BCUT2D eigenvalue weighted by Crippen LogP contribution is -1.97. The van der Waals surface area contributed by atoms with Crippen molar-refractivity contribution in [2.75, 3.05) is 0 Å². The van der Waals surface area contributed by atoms with E-state index in [9.17, 15) is 0 Å². The smallest absolute Gasteiger partial charge is 0.160 e. The third-order valence-electron chi connectivity index (χ3n) is 12.6. The molecule has 0 bridgehead atoms. The molecule has 13 rings (SSSR count). The molecular formula is C59H36N4O. The van der Waals surface area contributed by atoms with Gasteiger partial charge < -0.3 is 8.98 Å². The van der Waals surface area contributed by atoms with E-state index in [1.165, 1.54) is 21.8 Å². The van der Waals surface area contributed by atoms with Crippen LogP contribution in [0.25, 0.3) is 127 Å². The van der Waals surface area contributed by atoms with Gasteiger partial charge in [-0.05, 0) is 66.2 Å².